The third-order valence-electron chi connectivity index (χ3n) is 26.8. The number of rotatable bonds is 21. The summed E-state index contributed by atoms with van der Waals surface area (Å²) in [5.41, 5.74) is 15.5. The van der Waals surface area contributed by atoms with Gasteiger partial charge in [0.15, 0.2) is 46.0 Å². The number of guanidine groups is 4. The van der Waals surface area contributed by atoms with E-state index < -0.39 is 0 Å². The Kier molecular flexibility index (Phi) is 25.2. The fourth-order valence-electron chi connectivity index (χ4n) is 20.2. The number of hydrogen-bond donors (Lipinski definition) is 3. The van der Waals surface area contributed by atoms with Crippen LogP contribution in [0.4, 0.5) is 41.1 Å². The van der Waals surface area contributed by atoms with Gasteiger partial charge in [0, 0.05) is 108 Å². The molecule has 5 aromatic carbocycles. The molecule has 0 radical (unpaired) electrons. The predicted octanol–water partition coefficient (Wildman–Crippen LogP) is 12.6. The Morgan fingerprint density at radius 2 is 0.870 bits per heavy atom. The summed E-state index contributed by atoms with van der Waals surface area (Å²) in [6.07, 6.45) is 12.5. The van der Waals surface area contributed by atoms with E-state index in [-0.39, 0.29) is 41.8 Å². The number of halogens is 1. The van der Waals surface area contributed by atoms with Crippen LogP contribution in [0.1, 0.15) is 194 Å². The molecule has 1 atom stereocenters. The van der Waals surface area contributed by atoms with E-state index in [1.165, 1.54) is 41.5 Å². The van der Waals surface area contributed by atoms with E-state index in [0.717, 1.165) is 225 Å². The van der Waals surface area contributed by atoms with Crippen molar-refractivity contribution >= 4 is 105 Å². The summed E-state index contributed by atoms with van der Waals surface area (Å²) in [7, 11) is 1.55. The van der Waals surface area contributed by atoms with Gasteiger partial charge in [-0.05, 0) is 174 Å². The lowest BCUT2D eigenvalue weighted by Crippen LogP contribution is -2.50. The molecule has 1 aliphatic carbocycles. The Hall–Kier alpha value is -12.6. The van der Waals surface area contributed by atoms with E-state index in [9.17, 15) is 24.4 Å². The standard InChI is InChI=1S/C26H26N6O2.2C24H30N6O3.C23H29BrN6O/c1-4-30-24(33)22-23(32-16-21(28-25(30)32)13-18-8-6-5-7-9-18)29-26(34-3)31(22)15-19-11-10-17(2)20(12-19)14-27;2*1-3-28-22(31)19-21(29-8-7-25-24(28)29)27-23(26-18-5-9-32-10-6-18)30(19)14-16-12-15(2)20-17(13-16)4-11-33-20;1-3-28-21(31)19-20(29-12-11-25-23(28)29)27-22(26-17-7-5-4-6-8-17)30(19)14-16-10-9-15(2)18(24)13-16/h5-12,21H,4,13,15-16H2,1-3H3;2*12-13,18H,3-11,14H2,1-2H3,(H,26,27);9-10,13,17H,3-8,11-12,14H2,1-2H3,(H,26,27)/t21-;;;/m1.../s1. The molecule has 33 nitrogen and oxygen atoms in total. The molecule has 34 heteroatoms. The van der Waals surface area contributed by atoms with Crippen molar-refractivity contribution in [3.05, 3.63) is 185 Å². The predicted molar refractivity (Wildman–Crippen MR) is 507 cm³/mol. The number of amides is 4. The van der Waals surface area contributed by atoms with Crippen LogP contribution in [0.2, 0.25) is 0 Å². The topological polar surface area (TPSA) is 321 Å². The maximum atomic E-state index is 13.7. The number of ether oxygens (including phenoxy) is 5. The molecule has 4 aromatic heterocycles. The first-order valence-corrected chi connectivity index (χ1v) is 47.5. The van der Waals surface area contributed by atoms with Crippen molar-refractivity contribution in [1.29, 1.82) is 5.26 Å². The van der Waals surface area contributed by atoms with Crippen LogP contribution in [0.25, 0.3) is 0 Å². The Morgan fingerprint density at radius 1 is 0.450 bits per heavy atom. The number of fused-ring (bicyclic) bond motifs is 14. The molecule has 3 N–H and O–H groups in total. The average molecular weight is 1840 g/mol. The van der Waals surface area contributed by atoms with Crippen molar-refractivity contribution in [2.24, 2.45) is 20.0 Å². The number of aryl methyl sites for hydroxylation is 4. The van der Waals surface area contributed by atoms with Gasteiger partial charge >= 0.3 is 0 Å². The summed E-state index contributed by atoms with van der Waals surface area (Å²) in [5, 5.41) is 20.4. The molecule has 1 saturated carbocycles. The summed E-state index contributed by atoms with van der Waals surface area (Å²) in [4.78, 5) is 108. The molecule has 4 amide bonds. The maximum Gasteiger partial charge on any atom is 0.299 e. The van der Waals surface area contributed by atoms with Gasteiger partial charge in [0.05, 0.1) is 90.4 Å². The second kappa shape index (κ2) is 37.7. The lowest BCUT2D eigenvalue weighted by Gasteiger charge is -2.32. The van der Waals surface area contributed by atoms with Gasteiger partial charge in [0.25, 0.3) is 29.6 Å². The molecular weight excluding hydrogens is 1730 g/mol. The summed E-state index contributed by atoms with van der Waals surface area (Å²) < 4.78 is 37.4. The van der Waals surface area contributed by atoms with Gasteiger partial charge < -0.3 is 39.6 Å². The lowest BCUT2D eigenvalue weighted by atomic mass is 9.96. The van der Waals surface area contributed by atoms with Gasteiger partial charge in [0.1, 0.15) is 11.5 Å². The van der Waals surface area contributed by atoms with Crippen LogP contribution in [0.5, 0.6) is 17.5 Å². The number of nitrogens with zero attached hydrogens (tertiary/aromatic N) is 21. The molecule has 3 fully saturated rings. The minimum Gasteiger partial charge on any atom is -0.493 e. The number of nitrogens with one attached hydrogen (secondary N) is 3. The molecule has 131 heavy (non-hydrogen) atoms. The Balaban J connectivity index is 0.000000113. The zero-order valence-electron chi connectivity index (χ0n) is 76.2. The van der Waals surface area contributed by atoms with Crippen molar-refractivity contribution in [2.45, 2.75) is 183 Å². The normalized spacial score (nSPS) is 18.8. The first-order valence-electron chi connectivity index (χ1n) is 46.7. The van der Waals surface area contributed by atoms with Crippen LogP contribution in [0.15, 0.2) is 115 Å². The zero-order chi connectivity index (χ0) is 90.4. The number of carbonyl (C=O) groups excluding carboxylic acids is 4. The van der Waals surface area contributed by atoms with Crippen molar-refractivity contribution < 1.29 is 42.9 Å². The van der Waals surface area contributed by atoms with E-state index in [1.807, 2.05) is 75.9 Å². The number of aromatic nitrogens is 8. The molecule has 2 saturated heterocycles. The van der Waals surface area contributed by atoms with Gasteiger partial charge in [-0.25, -0.2) is 4.99 Å². The Morgan fingerprint density at radius 3 is 1.32 bits per heavy atom. The van der Waals surface area contributed by atoms with E-state index in [0.29, 0.717) is 131 Å². The number of hydrogen-bond acceptors (Lipinski definition) is 25. The van der Waals surface area contributed by atoms with Crippen molar-refractivity contribution in [2.75, 3.05) is 154 Å². The van der Waals surface area contributed by atoms with Gasteiger partial charge in [-0.3, -0.25) is 91.6 Å². The molecule has 9 aromatic rings. The highest BCUT2D eigenvalue weighted by Crippen LogP contribution is 2.43. The molecule has 0 bridgehead atoms. The Bertz CT molecular complexity index is 5900. The van der Waals surface area contributed by atoms with Crippen molar-refractivity contribution in [3.8, 4) is 23.6 Å². The fourth-order valence-corrected chi connectivity index (χ4v) is 20.6. The number of anilines is 7. The summed E-state index contributed by atoms with van der Waals surface area (Å²) in [5.74, 6) is 9.71. The second-order valence-corrected chi connectivity index (χ2v) is 36.3. The van der Waals surface area contributed by atoms with Gasteiger partial charge in [0.2, 0.25) is 41.7 Å². The fraction of sp³-hybridized carbons (Fsp3) is 0.474. The van der Waals surface area contributed by atoms with Crippen LogP contribution < -0.4 is 49.8 Å². The van der Waals surface area contributed by atoms with Gasteiger partial charge in [-0.15, -0.1) is 0 Å². The maximum absolute atomic E-state index is 13.7. The van der Waals surface area contributed by atoms with Gasteiger partial charge in [-0.2, -0.15) is 25.2 Å². The number of carbonyl (C=O) groups is 4. The van der Waals surface area contributed by atoms with Crippen LogP contribution in [-0.2, 0) is 54.9 Å². The molecule has 0 unspecified atom stereocenters. The first-order chi connectivity index (χ1) is 63.9. The molecule has 16 heterocycles. The number of nitriles is 1. The molecule has 684 valence electrons. The average Bonchev–Trinajstić information content (AvgIpc) is 1.62. The quantitative estimate of drug-likeness (QED) is 0.0602. The zero-order valence-corrected chi connectivity index (χ0v) is 77.8. The number of aliphatic imine (C=N–C) groups is 4. The molecule has 13 aliphatic rings. The van der Waals surface area contributed by atoms with E-state index in [2.05, 4.69) is 157 Å². The van der Waals surface area contributed by atoms with E-state index in [1.54, 1.807) is 31.3 Å². The third kappa shape index (κ3) is 17.0. The molecule has 0 spiro atoms. The monoisotopic (exact) mass is 1840 g/mol. The van der Waals surface area contributed by atoms with E-state index >= 15 is 0 Å². The third-order valence-corrected chi connectivity index (χ3v) is 27.7. The first kappa shape index (κ1) is 87.7. The highest BCUT2D eigenvalue weighted by molar-refractivity contribution is 9.10. The molecular formula is C97H115BrN24O9. The lowest BCUT2D eigenvalue weighted by molar-refractivity contribution is 0.0827. The van der Waals surface area contributed by atoms with Crippen LogP contribution >= 0.6 is 15.9 Å². The highest BCUT2D eigenvalue weighted by atomic mass is 79.9. The van der Waals surface area contributed by atoms with Gasteiger partial charge in [-0.1, -0.05) is 114 Å². The summed E-state index contributed by atoms with van der Waals surface area (Å²) >= 11 is 3.65. The number of methoxy groups -OCH3 is 1. The summed E-state index contributed by atoms with van der Waals surface area (Å²) in [6.45, 7) is 29.9. The highest BCUT2D eigenvalue weighted by Gasteiger charge is 2.48. The van der Waals surface area contributed by atoms with Crippen molar-refractivity contribution in [3.63, 3.8) is 0 Å². The van der Waals surface area contributed by atoms with Crippen molar-refractivity contribution in [1.82, 2.24) is 57.8 Å². The van der Waals surface area contributed by atoms with Crippen LogP contribution in [0, 0.1) is 39.0 Å². The Labute approximate surface area is 771 Å². The minimum atomic E-state index is -0.142. The largest absolute Gasteiger partial charge is 0.493 e. The van der Waals surface area contributed by atoms with Crippen LogP contribution in [-0.4, -0.2) is 248 Å². The SMILES string of the molecule is CCN1C(=O)c2c(nc(NC3CCCCC3)n2Cc2ccc(C)c(Br)c2)N2CCN=C12.CCN1C(=O)c2c(nc(NC3CCOCC3)n2Cc2cc(C)c3c(c2)CCO3)N2CCN=C12.CCN1C(=O)c2c(nc(NC3CCOCC3)n2Cc2cc(C)c3c(c2)CCO3)N2CCN=C12.CCN1C(=O)c2c(nc(OC)n2Cc2ccc(C)c(C#N)c2)N2C[C@@H](Cc3ccccc3)N=C12. The van der Waals surface area contributed by atoms with Crippen LogP contribution in [0.3, 0.4) is 0 Å². The minimum absolute atomic E-state index is 0.00947. The smallest absolute Gasteiger partial charge is 0.299 e. The summed E-state index contributed by atoms with van der Waals surface area (Å²) in [6, 6.07) is 34.7. The molecule has 22 rings (SSSR count). The number of benzene rings is 5. The number of imidazole rings is 4. The second-order valence-electron chi connectivity index (χ2n) is 35.4. The van der Waals surface area contributed by atoms with E-state index in [4.69, 9.17) is 48.6 Å². The molecule has 12 aliphatic heterocycles.